The highest BCUT2D eigenvalue weighted by Crippen LogP contribution is 2.18. The molecule has 0 aliphatic heterocycles. The molecule has 2 aromatic carbocycles. The van der Waals surface area contributed by atoms with E-state index in [0.29, 0.717) is 4.47 Å². The molecule has 0 unspecified atom stereocenters. The first-order valence-corrected chi connectivity index (χ1v) is 9.02. The van der Waals surface area contributed by atoms with Crippen LogP contribution >= 0.6 is 15.9 Å². The van der Waals surface area contributed by atoms with E-state index in [1.165, 1.54) is 43.3 Å². The van der Waals surface area contributed by atoms with Crippen molar-refractivity contribution in [1.82, 2.24) is 10.6 Å². The van der Waals surface area contributed by atoms with Gasteiger partial charge >= 0.3 is 0 Å². The van der Waals surface area contributed by atoms with Crippen LogP contribution in [-0.2, 0) is 9.59 Å². The summed E-state index contributed by atoms with van der Waals surface area (Å²) in [5.74, 6) is -3.04. The number of nitro benzene ring substituents is 1. The first-order chi connectivity index (χ1) is 13.7. The zero-order valence-corrected chi connectivity index (χ0v) is 16.6. The van der Waals surface area contributed by atoms with Crippen LogP contribution in [0.1, 0.15) is 22.8 Å². The lowest BCUT2D eigenvalue weighted by atomic mass is 10.1. The predicted molar refractivity (Wildman–Crippen MR) is 105 cm³/mol. The van der Waals surface area contributed by atoms with Gasteiger partial charge in [-0.15, -0.1) is 0 Å². The number of aliphatic carboxylic acids is 1. The van der Waals surface area contributed by atoms with Gasteiger partial charge in [0.25, 0.3) is 17.5 Å². The van der Waals surface area contributed by atoms with E-state index in [1.54, 1.807) is 18.2 Å². The summed E-state index contributed by atoms with van der Waals surface area (Å²) >= 11 is 3.23. The van der Waals surface area contributed by atoms with Gasteiger partial charge in [-0.2, -0.15) is 0 Å². The van der Waals surface area contributed by atoms with Crippen LogP contribution in [0.3, 0.4) is 0 Å². The highest BCUT2D eigenvalue weighted by Gasteiger charge is 2.18. The van der Waals surface area contributed by atoms with E-state index in [4.69, 9.17) is 0 Å². The summed E-state index contributed by atoms with van der Waals surface area (Å²) in [5, 5.41) is 26.5. The van der Waals surface area contributed by atoms with Crippen molar-refractivity contribution in [2.45, 2.75) is 13.0 Å². The molecule has 0 saturated heterocycles. The Kier molecular flexibility index (Phi) is 7.21. The lowest BCUT2D eigenvalue weighted by Gasteiger charge is -2.17. The van der Waals surface area contributed by atoms with Crippen LogP contribution in [0.4, 0.5) is 5.69 Å². The number of rotatable bonds is 7. The fourth-order valence-corrected chi connectivity index (χ4v) is 2.69. The molecule has 29 heavy (non-hydrogen) atoms. The van der Waals surface area contributed by atoms with Crippen LogP contribution in [0.5, 0.6) is 0 Å². The number of non-ortho nitro benzene ring substituents is 1. The minimum absolute atomic E-state index is 0.209. The van der Waals surface area contributed by atoms with Gasteiger partial charge in [-0.3, -0.25) is 19.7 Å². The zero-order valence-electron chi connectivity index (χ0n) is 15.0. The second-order valence-electron chi connectivity index (χ2n) is 5.86. The van der Waals surface area contributed by atoms with Gasteiger partial charge in [-0.1, -0.05) is 24.3 Å². The molecular weight excluding hydrogens is 446 g/mol. The number of carbonyl (C=O) groups is 3. The zero-order chi connectivity index (χ0) is 21.6. The number of hydrogen-bond acceptors (Lipinski definition) is 6. The van der Waals surface area contributed by atoms with E-state index in [9.17, 15) is 29.6 Å². The molecule has 1 atom stereocenters. The van der Waals surface area contributed by atoms with Gasteiger partial charge in [-0.05, 0) is 46.6 Å². The van der Waals surface area contributed by atoms with Crippen molar-refractivity contribution in [2.75, 3.05) is 0 Å². The first-order valence-electron chi connectivity index (χ1n) is 8.23. The van der Waals surface area contributed by atoms with Crippen LogP contribution in [0.25, 0.3) is 6.08 Å². The highest BCUT2D eigenvalue weighted by atomic mass is 79.9. The van der Waals surface area contributed by atoms with Crippen molar-refractivity contribution in [3.63, 3.8) is 0 Å². The summed E-state index contributed by atoms with van der Waals surface area (Å²) in [6.45, 7) is 1.20. The minimum atomic E-state index is -1.51. The van der Waals surface area contributed by atoms with Gasteiger partial charge in [0.15, 0.2) is 0 Å². The largest absolute Gasteiger partial charge is 0.548 e. The third kappa shape index (κ3) is 5.98. The Hall–Kier alpha value is -3.53. The molecule has 0 spiro atoms. The molecule has 0 aromatic heterocycles. The molecule has 9 nitrogen and oxygen atoms in total. The molecule has 0 bridgehead atoms. The summed E-state index contributed by atoms with van der Waals surface area (Å²) in [6.07, 6.45) is 1.21. The van der Waals surface area contributed by atoms with E-state index in [0.717, 1.165) is 0 Å². The quantitative estimate of drug-likeness (QED) is 0.363. The van der Waals surface area contributed by atoms with E-state index in [1.807, 2.05) is 0 Å². The molecule has 2 amide bonds. The number of amides is 2. The topological polar surface area (TPSA) is 141 Å². The third-order valence-corrected chi connectivity index (χ3v) is 4.40. The van der Waals surface area contributed by atoms with Crippen LogP contribution in [0.15, 0.2) is 58.7 Å². The lowest BCUT2D eigenvalue weighted by molar-refractivity contribution is -0.384. The van der Waals surface area contributed by atoms with Crippen LogP contribution in [0, 0.1) is 10.1 Å². The van der Waals surface area contributed by atoms with Gasteiger partial charge in [0, 0.05) is 16.6 Å². The maximum Gasteiger partial charge on any atom is 0.270 e. The van der Waals surface area contributed by atoms with Gasteiger partial charge < -0.3 is 20.5 Å². The SMILES string of the molecule is C[C@H](NC(=O)/C(=C/c1cccc([N+](=O)[O-])c1)NC(=O)c1ccccc1Br)C(=O)[O-]. The van der Waals surface area contributed by atoms with Crippen LogP contribution in [-0.4, -0.2) is 28.7 Å². The number of nitro groups is 1. The maximum atomic E-state index is 12.6. The minimum Gasteiger partial charge on any atom is -0.548 e. The third-order valence-electron chi connectivity index (χ3n) is 3.70. The van der Waals surface area contributed by atoms with Crippen molar-refractivity contribution in [3.05, 3.63) is 79.9 Å². The van der Waals surface area contributed by atoms with Crippen molar-refractivity contribution in [3.8, 4) is 0 Å². The number of halogens is 1. The van der Waals surface area contributed by atoms with Crippen LogP contribution < -0.4 is 15.7 Å². The van der Waals surface area contributed by atoms with E-state index in [-0.39, 0.29) is 22.5 Å². The Morgan fingerprint density at radius 3 is 2.45 bits per heavy atom. The molecule has 0 radical (unpaired) electrons. The Morgan fingerprint density at radius 2 is 1.83 bits per heavy atom. The number of carboxylic acids is 1. The molecule has 0 aliphatic rings. The van der Waals surface area contributed by atoms with Gasteiger partial charge in [-0.25, -0.2) is 0 Å². The Balaban J connectivity index is 2.40. The van der Waals surface area contributed by atoms with Gasteiger partial charge in [0.2, 0.25) is 0 Å². The average molecular weight is 461 g/mol. The summed E-state index contributed by atoms with van der Waals surface area (Å²) in [5.41, 5.74) is -0.00540. The fraction of sp³-hybridized carbons (Fsp3) is 0.105. The molecule has 2 N–H and O–H groups in total. The molecule has 10 heteroatoms. The average Bonchev–Trinajstić information content (AvgIpc) is 2.67. The van der Waals surface area contributed by atoms with Gasteiger partial charge in [0.1, 0.15) is 5.70 Å². The van der Waals surface area contributed by atoms with E-state index < -0.39 is 28.7 Å². The second kappa shape index (κ2) is 9.60. The molecule has 0 aliphatic carbocycles. The van der Waals surface area contributed by atoms with E-state index >= 15 is 0 Å². The summed E-state index contributed by atoms with van der Waals surface area (Å²) < 4.78 is 0.482. The number of hydrogen-bond donors (Lipinski definition) is 2. The lowest BCUT2D eigenvalue weighted by Crippen LogP contribution is -2.48. The summed E-state index contributed by atoms with van der Waals surface area (Å²) in [6, 6.07) is 10.6. The maximum absolute atomic E-state index is 12.6. The Morgan fingerprint density at radius 1 is 1.14 bits per heavy atom. The molecule has 0 saturated carbocycles. The Labute approximate surface area is 173 Å². The first kappa shape index (κ1) is 21.8. The number of carbonyl (C=O) groups excluding carboxylic acids is 3. The highest BCUT2D eigenvalue weighted by molar-refractivity contribution is 9.10. The number of nitrogens with one attached hydrogen (secondary N) is 2. The normalized spacial score (nSPS) is 12.0. The second-order valence-corrected chi connectivity index (χ2v) is 6.71. The molecule has 0 fully saturated rings. The number of benzene rings is 2. The van der Waals surface area contributed by atoms with Crippen LogP contribution in [0.2, 0.25) is 0 Å². The van der Waals surface area contributed by atoms with Crippen molar-refractivity contribution in [2.24, 2.45) is 0 Å². The van der Waals surface area contributed by atoms with Crippen molar-refractivity contribution >= 4 is 45.5 Å². The standard InChI is InChI=1S/C19H16BrN3O6/c1-11(19(26)27)21-18(25)16(10-12-5-4-6-13(9-12)23(28)29)22-17(24)14-7-2-3-8-15(14)20/h2-11H,1H3,(H,21,25)(H,22,24)(H,26,27)/p-1/b16-10-/t11-/m0/s1. The number of carboxylic acid groups (broad SMARTS) is 1. The molecule has 0 heterocycles. The van der Waals surface area contributed by atoms with E-state index in [2.05, 4.69) is 26.6 Å². The monoisotopic (exact) mass is 460 g/mol. The fourth-order valence-electron chi connectivity index (χ4n) is 2.22. The molecular formula is C19H15BrN3O6-. The van der Waals surface area contributed by atoms with Crippen molar-refractivity contribution < 1.29 is 24.4 Å². The predicted octanol–water partition coefficient (Wildman–Crippen LogP) is 1.38. The Bertz CT molecular complexity index is 1000. The molecule has 2 aromatic rings. The number of nitrogens with zero attached hydrogens (tertiary/aromatic N) is 1. The van der Waals surface area contributed by atoms with Gasteiger partial charge in [0.05, 0.1) is 22.5 Å². The summed E-state index contributed by atoms with van der Waals surface area (Å²) in [7, 11) is 0. The summed E-state index contributed by atoms with van der Waals surface area (Å²) in [4.78, 5) is 46.3. The molecule has 150 valence electrons. The van der Waals surface area contributed by atoms with Crippen molar-refractivity contribution in [1.29, 1.82) is 0 Å². The smallest absolute Gasteiger partial charge is 0.270 e. The molecule has 2 rings (SSSR count).